The van der Waals surface area contributed by atoms with E-state index in [2.05, 4.69) is 47.6 Å². The largest absolute Gasteiger partial charge is 0.491 e. The molecular weight excluding hydrogens is 495 g/mol. The molecule has 0 saturated carbocycles. The highest BCUT2D eigenvalue weighted by atomic mass is 127. The van der Waals surface area contributed by atoms with E-state index in [-0.39, 0.29) is 30.1 Å². The van der Waals surface area contributed by atoms with Crippen LogP contribution >= 0.6 is 24.0 Å². The fraction of sp³-hybridized carbons (Fsp3) is 0.682. The number of morpholine rings is 1. The van der Waals surface area contributed by atoms with Gasteiger partial charge < -0.3 is 24.8 Å². The molecule has 1 atom stereocenters. The van der Waals surface area contributed by atoms with Crippen LogP contribution in [0.5, 0.6) is 5.75 Å². The molecule has 8 heteroatoms. The van der Waals surface area contributed by atoms with Crippen LogP contribution in [0.1, 0.15) is 30.9 Å². The molecule has 0 amide bonds. The zero-order valence-electron chi connectivity index (χ0n) is 18.3. The fourth-order valence-electron chi connectivity index (χ4n) is 3.55. The van der Waals surface area contributed by atoms with Crippen LogP contribution in [0.25, 0.3) is 0 Å². The van der Waals surface area contributed by atoms with Crippen LogP contribution < -0.4 is 15.4 Å². The van der Waals surface area contributed by atoms with Crippen LogP contribution in [0.15, 0.2) is 23.2 Å². The van der Waals surface area contributed by atoms with Crippen molar-refractivity contribution in [3.8, 4) is 5.75 Å². The van der Waals surface area contributed by atoms with E-state index < -0.39 is 0 Å². The van der Waals surface area contributed by atoms with Gasteiger partial charge in [-0.15, -0.1) is 24.0 Å². The van der Waals surface area contributed by atoms with Gasteiger partial charge in [-0.3, -0.25) is 4.90 Å². The maximum Gasteiger partial charge on any atom is 0.191 e. The lowest BCUT2D eigenvalue weighted by Gasteiger charge is -2.26. The Morgan fingerprint density at radius 2 is 2.07 bits per heavy atom. The van der Waals surface area contributed by atoms with E-state index in [4.69, 9.17) is 19.2 Å². The van der Waals surface area contributed by atoms with E-state index in [1.54, 1.807) is 0 Å². The number of hydrogen-bond donors (Lipinski definition) is 2. The average Bonchev–Trinajstić information content (AvgIpc) is 3.26. The van der Waals surface area contributed by atoms with Crippen molar-refractivity contribution in [3.63, 3.8) is 0 Å². The number of hydrogen-bond acceptors (Lipinski definition) is 5. The van der Waals surface area contributed by atoms with Gasteiger partial charge >= 0.3 is 0 Å². The van der Waals surface area contributed by atoms with E-state index in [0.717, 1.165) is 82.7 Å². The van der Waals surface area contributed by atoms with Crippen molar-refractivity contribution in [2.75, 3.05) is 59.2 Å². The fourth-order valence-corrected chi connectivity index (χ4v) is 3.55. The maximum atomic E-state index is 6.10. The second-order valence-corrected chi connectivity index (χ2v) is 7.63. The molecule has 170 valence electrons. The van der Waals surface area contributed by atoms with Gasteiger partial charge in [-0.05, 0) is 38.3 Å². The second kappa shape index (κ2) is 14.1. The summed E-state index contributed by atoms with van der Waals surface area (Å²) in [5.74, 6) is 1.75. The molecule has 2 aliphatic rings. The van der Waals surface area contributed by atoms with E-state index in [1.165, 1.54) is 5.56 Å². The molecule has 7 nitrogen and oxygen atoms in total. The summed E-state index contributed by atoms with van der Waals surface area (Å²) in [4.78, 5) is 7.19. The van der Waals surface area contributed by atoms with Gasteiger partial charge in [0, 0.05) is 44.9 Å². The molecule has 0 radical (unpaired) electrons. The summed E-state index contributed by atoms with van der Waals surface area (Å²) < 4.78 is 17.2. The first kappa shape index (κ1) is 25.2. The van der Waals surface area contributed by atoms with Crippen LogP contribution in [0.4, 0.5) is 0 Å². The Labute approximate surface area is 197 Å². The molecule has 2 heterocycles. The maximum absolute atomic E-state index is 6.10. The lowest BCUT2D eigenvalue weighted by Crippen LogP contribution is -2.44. The molecule has 30 heavy (non-hydrogen) atoms. The Kier molecular flexibility index (Phi) is 11.8. The van der Waals surface area contributed by atoms with E-state index in [9.17, 15) is 0 Å². The predicted molar refractivity (Wildman–Crippen MR) is 131 cm³/mol. The number of halogens is 1. The van der Waals surface area contributed by atoms with Gasteiger partial charge in [-0.2, -0.15) is 0 Å². The molecule has 2 aliphatic heterocycles. The van der Waals surface area contributed by atoms with Crippen molar-refractivity contribution in [2.24, 2.45) is 4.99 Å². The first-order valence-corrected chi connectivity index (χ1v) is 10.9. The van der Waals surface area contributed by atoms with Crippen molar-refractivity contribution in [1.82, 2.24) is 15.5 Å². The molecule has 3 rings (SSSR count). The Morgan fingerprint density at radius 3 is 2.80 bits per heavy atom. The molecular formula is C22H37IN4O3. The Hall–Kier alpha value is -1.10. The Balaban J connectivity index is 0.00000320. The Morgan fingerprint density at radius 1 is 1.23 bits per heavy atom. The summed E-state index contributed by atoms with van der Waals surface area (Å²) in [5, 5.41) is 6.77. The zero-order valence-corrected chi connectivity index (χ0v) is 20.7. The van der Waals surface area contributed by atoms with Crippen molar-refractivity contribution in [3.05, 3.63) is 29.3 Å². The number of aliphatic imine (C=N–C) groups is 1. The number of nitrogens with zero attached hydrogens (tertiary/aromatic N) is 2. The normalized spacial score (nSPS) is 19.9. The van der Waals surface area contributed by atoms with Crippen molar-refractivity contribution >= 4 is 29.9 Å². The lowest BCUT2D eigenvalue weighted by atomic mass is 10.1. The molecule has 1 unspecified atom stereocenters. The van der Waals surface area contributed by atoms with Gasteiger partial charge in [0.2, 0.25) is 0 Å². The summed E-state index contributed by atoms with van der Waals surface area (Å²) >= 11 is 0. The minimum atomic E-state index is 0. The Bertz CT molecular complexity index is 647. The van der Waals surface area contributed by atoms with Crippen LogP contribution in [-0.2, 0) is 16.0 Å². The third-order valence-electron chi connectivity index (χ3n) is 5.25. The summed E-state index contributed by atoms with van der Waals surface area (Å²) in [6, 6.07) is 6.32. The molecule has 2 N–H and O–H groups in total. The van der Waals surface area contributed by atoms with E-state index in [0.29, 0.717) is 13.2 Å². The molecule has 0 aromatic heterocycles. The molecule has 2 fully saturated rings. The van der Waals surface area contributed by atoms with Gasteiger partial charge in [0.1, 0.15) is 12.4 Å². The van der Waals surface area contributed by atoms with Gasteiger partial charge in [0.05, 0.1) is 25.9 Å². The van der Waals surface area contributed by atoms with Crippen molar-refractivity contribution < 1.29 is 14.2 Å². The lowest BCUT2D eigenvalue weighted by molar-refractivity contribution is 0.0389. The number of aryl methyl sites for hydroxylation is 1. The summed E-state index contributed by atoms with van der Waals surface area (Å²) in [6.07, 6.45) is 2.42. The average molecular weight is 532 g/mol. The molecule has 2 saturated heterocycles. The van der Waals surface area contributed by atoms with Crippen LogP contribution in [0.3, 0.4) is 0 Å². The summed E-state index contributed by atoms with van der Waals surface area (Å²) in [7, 11) is 0. The third-order valence-corrected chi connectivity index (χ3v) is 5.25. The quantitative estimate of drug-likeness (QED) is 0.290. The SMILES string of the molecule is CCNC(=NCc1ccc(C)cc1OCC1CCCO1)NCCN1CCOCC1.I. The highest BCUT2D eigenvalue weighted by molar-refractivity contribution is 14.0. The third kappa shape index (κ3) is 8.56. The van der Waals surface area contributed by atoms with Crippen molar-refractivity contribution in [2.45, 2.75) is 39.3 Å². The number of guanidine groups is 1. The molecule has 0 spiro atoms. The highest BCUT2D eigenvalue weighted by Gasteiger charge is 2.17. The zero-order chi connectivity index (χ0) is 20.3. The number of ether oxygens (including phenoxy) is 3. The number of benzene rings is 1. The smallest absolute Gasteiger partial charge is 0.191 e. The van der Waals surface area contributed by atoms with Gasteiger partial charge in [-0.25, -0.2) is 4.99 Å². The molecule has 1 aromatic rings. The van der Waals surface area contributed by atoms with Gasteiger partial charge in [0.25, 0.3) is 0 Å². The molecule has 0 aliphatic carbocycles. The monoisotopic (exact) mass is 532 g/mol. The van der Waals surface area contributed by atoms with Gasteiger partial charge in [0.15, 0.2) is 5.96 Å². The predicted octanol–water partition coefficient (Wildman–Crippen LogP) is 2.56. The van der Waals surface area contributed by atoms with E-state index in [1.807, 2.05) is 0 Å². The standard InChI is InChI=1S/C22H36N4O3.HI/c1-3-23-22(24-8-9-26-10-13-27-14-11-26)25-16-19-7-6-18(2)15-21(19)29-17-20-5-4-12-28-20;/h6-7,15,20H,3-5,8-14,16-17H2,1-2H3,(H2,23,24,25);1H. The molecule has 0 bridgehead atoms. The van der Waals surface area contributed by atoms with Crippen LogP contribution in [0, 0.1) is 6.92 Å². The number of nitrogens with one attached hydrogen (secondary N) is 2. The van der Waals surface area contributed by atoms with Crippen LogP contribution in [0.2, 0.25) is 0 Å². The summed E-state index contributed by atoms with van der Waals surface area (Å²) in [5.41, 5.74) is 2.29. The van der Waals surface area contributed by atoms with E-state index >= 15 is 0 Å². The second-order valence-electron chi connectivity index (χ2n) is 7.63. The minimum absolute atomic E-state index is 0. The number of rotatable bonds is 9. The first-order chi connectivity index (χ1) is 14.2. The molecule has 1 aromatic carbocycles. The van der Waals surface area contributed by atoms with Crippen molar-refractivity contribution in [1.29, 1.82) is 0 Å². The van der Waals surface area contributed by atoms with Crippen LogP contribution in [-0.4, -0.2) is 76.1 Å². The first-order valence-electron chi connectivity index (χ1n) is 10.9. The summed E-state index contributed by atoms with van der Waals surface area (Å²) in [6.45, 7) is 12.6. The highest BCUT2D eigenvalue weighted by Crippen LogP contribution is 2.23. The van der Waals surface area contributed by atoms with Gasteiger partial charge in [-0.1, -0.05) is 12.1 Å². The minimum Gasteiger partial charge on any atom is -0.491 e. The topological polar surface area (TPSA) is 67.4 Å².